The number of nitrogens with zero attached hydrogens (tertiary/aromatic N) is 4. The number of fused-ring (bicyclic) bond motifs is 1. The Labute approximate surface area is 234 Å². The summed E-state index contributed by atoms with van der Waals surface area (Å²) in [6.07, 6.45) is 1.62. The Bertz CT molecular complexity index is 1820. The molecule has 0 N–H and O–H groups in total. The first-order valence-corrected chi connectivity index (χ1v) is 13.6. The summed E-state index contributed by atoms with van der Waals surface area (Å²) in [5.74, 6) is -0.293. The van der Waals surface area contributed by atoms with E-state index < -0.39 is 11.8 Å². The SMILES string of the molecule is O=C1C(=Cc2nc3sc(-c4ccccc4)cc3n2-c2ccccc2)C(=O)N(c2ccccc2)N1c1ccccc1. The van der Waals surface area contributed by atoms with Gasteiger partial charge in [0, 0.05) is 10.6 Å². The summed E-state index contributed by atoms with van der Waals surface area (Å²) in [4.78, 5) is 34.7. The maximum absolute atomic E-state index is 13.9. The number of hydrogen-bond donors (Lipinski definition) is 0. The van der Waals surface area contributed by atoms with Crippen molar-refractivity contribution in [1.82, 2.24) is 9.55 Å². The minimum atomic E-state index is -0.406. The van der Waals surface area contributed by atoms with E-state index in [1.807, 2.05) is 114 Å². The summed E-state index contributed by atoms with van der Waals surface area (Å²) in [6.45, 7) is 0. The Morgan fingerprint density at radius 3 is 1.60 bits per heavy atom. The maximum atomic E-state index is 13.9. The fourth-order valence-corrected chi connectivity index (χ4v) is 5.96. The molecule has 2 aromatic heterocycles. The molecule has 6 aromatic rings. The van der Waals surface area contributed by atoms with Crippen molar-refractivity contribution in [2.24, 2.45) is 0 Å². The van der Waals surface area contributed by atoms with Gasteiger partial charge < -0.3 is 0 Å². The summed E-state index contributed by atoms with van der Waals surface area (Å²) in [5, 5.41) is 2.85. The molecule has 192 valence electrons. The number of rotatable bonds is 5. The van der Waals surface area contributed by atoms with Gasteiger partial charge in [-0.1, -0.05) is 84.9 Å². The third kappa shape index (κ3) is 4.00. The van der Waals surface area contributed by atoms with Crippen molar-refractivity contribution in [3.8, 4) is 16.1 Å². The van der Waals surface area contributed by atoms with Gasteiger partial charge in [0.25, 0.3) is 11.8 Å². The second-order valence-electron chi connectivity index (χ2n) is 9.27. The van der Waals surface area contributed by atoms with E-state index in [0.717, 1.165) is 26.5 Å². The van der Waals surface area contributed by atoms with Gasteiger partial charge in [-0.05, 0) is 54.1 Å². The highest BCUT2D eigenvalue weighted by Crippen LogP contribution is 2.37. The monoisotopic (exact) mass is 538 g/mol. The number of para-hydroxylation sites is 3. The van der Waals surface area contributed by atoms with E-state index in [2.05, 4.69) is 18.2 Å². The van der Waals surface area contributed by atoms with Crippen LogP contribution in [0.2, 0.25) is 0 Å². The molecule has 3 heterocycles. The average molecular weight is 539 g/mol. The Morgan fingerprint density at radius 1 is 0.600 bits per heavy atom. The average Bonchev–Trinajstić information content (AvgIpc) is 3.64. The molecule has 0 bridgehead atoms. The zero-order valence-corrected chi connectivity index (χ0v) is 22.0. The molecule has 0 unspecified atom stereocenters. The largest absolute Gasteiger partial charge is 0.292 e. The van der Waals surface area contributed by atoms with Gasteiger partial charge in [0.15, 0.2) is 0 Å². The predicted octanol–water partition coefficient (Wildman–Crippen LogP) is 7.13. The van der Waals surface area contributed by atoms with Crippen LogP contribution in [0.15, 0.2) is 133 Å². The fraction of sp³-hybridized carbons (Fsp3) is 0. The summed E-state index contributed by atoms with van der Waals surface area (Å²) < 4.78 is 2.00. The summed E-state index contributed by atoms with van der Waals surface area (Å²) in [5.41, 5.74) is 4.18. The number of benzene rings is 4. The molecule has 0 radical (unpaired) electrons. The predicted molar refractivity (Wildman–Crippen MR) is 160 cm³/mol. The standard InChI is InChI=1S/C33H22N4O2S/c38-32-27(33(39)37(26-19-11-4-12-20-26)36(32)25-17-9-3-10-18-25)21-30-34-31-28(35(30)24-15-7-2-8-16-24)22-29(40-31)23-13-5-1-6-14-23/h1-22H. The quantitative estimate of drug-likeness (QED) is 0.173. The van der Waals surface area contributed by atoms with Gasteiger partial charge in [-0.3, -0.25) is 14.2 Å². The van der Waals surface area contributed by atoms with E-state index in [9.17, 15) is 9.59 Å². The molecule has 40 heavy (non-hydrogen) atoms. The Balaban J connectivity index is 1.40. The van der Waals surface area contributed by atoms with Crippen LogP contribution in [-0.4, -0.2) is 21.4 Å². The van der Waals surface area contributed by atoms with Crippen LogP contribution in [0.5, 0.6) is 0 Å². The normalized spacial score (nSPS) is 13.4. The third-order valence-electron chi connectivity index (χ3n) is 6.77. The Hall–Kier alpha value is -5.27. The number of anilines is 2. The van der Waals surface area contributed by atoms with Gasteiger partial charge in [0.2, 0.25) is 0 Å². The Morgan fingerprint density at radius 2 is 1.07 bits per heavy atom. The molecule has 6 nitrogen and oxygen atoms in total. The number of carbonyl (C=O) groups is 2. The molecule has 1 saturated heterocycles. The first-order chi connectivity index (χ1) is 19.7. The van der Waals surface area contributed by atoms with Crippen LogP contribution in [0.1, 0.15) is 5.82 Å². The first kappa shape index (κ1) is 23.8. The van der Waals surface area contributed by atoms with E-state index in [1.54, 1.807) is 17.4 Å². The van der Waals surface area contributed by atoms with E-state index >= 15 is 0 Å². The molecule has 0 aliphatic carbocycles. The summed E-state index contributed by atoms with van der Waals surface area (Å²) in [6, 6.07) is 40.6. The summed E-state index contributed by atoms with van der Waals surface area (Å²) in [7, 11) is 0. The van der Waals surface area contributed by atoms with Crippen molar-refractivity contribution in [2.45, 2.75) is 0 Å². The Kier molecular flexibility index (Phi) is 5.83. The van der Waals surface area contributed by atoms with Gasteiger partial charge in [0.05, 0.1) is 16.9 Å². The number of thiophene rings is 1. The molecular weight excluding hydrogens is 516 g/mol. The van der Waals surface area contributed by atoms with Crippen LogP contribution in [0, 0.1) is 0 Å². The van der Waals surface area contributed by atoms with E-state index in [1.165, 1.54) is 10.0 Å². The molecule has 0 spiro atoms. The van der Waals surface area contributed by atoms with Crippen LogP contribution < -0.4 is 10.0 Å². The van der Waals surface area contributed by atoms with Crippen molar-refractivity contribution < 1.29 is 9.59 Å². The minimum absolute atomic E-state index is 0.0471. The van der Waals surface area contributed by atoms with Gasteiger partial charge in [-0.25, -0.2) is 15.0 Å². The zero-order chi connectivity index (χ0) is 27.1. The lowest BCUT2D eigenvalue weighted by Gasteiger charge is -2.27. The molecule has 1 fully saturated rings. The number of hydrazine groups is 1. The zero-order valence-electron chi connectivity index (χ0n) is 21.2. The van der Waals surface area contributed by atoms with Crippen molar-refractivity contribution in [3.05, 3.63) is 139 Å². The van der Waals surface area contributed by atoms with Crippen molar-refractivity contribution in [3.63, 3.8) is 0 Å². The number of amides is 2. The van der Waals surface area contributed by atoms with Crippen LogP contribution in [0.4, 0.5) is 11.4 Å². The number of hydrogen-bond acceptors (Lipinski definition) is 4. The van der Waals surface area contributed by atoms with Crippen LogP contribution in [-0.2, 0) is 9.59 Å². The number of carbonyl (C=O) groups excluding carboxylic acids is 2. The van der Waals surface area contributed by atoms with Crippen LogP contribution in [0.25, 0.3) is 32.6 Å². The second kappa shape index (κ2) is 9.80. The lowest BCUT2D eigenvalue weighted by Crippen LogP contribution is -2.41. The maximum Gasteiger partial charge on any atom is 0.283 e. The lowest BCUT2D eigenvalue weighted by molar-refractivity contribution is -0.116. The smallest absolute Gasteiger partial charge is 0.283 e. The van der Waals surface area contributed by atoms with Gasteiger partial charge in [-0.2, -0.15) is 0 Å². The molecule has 2 amide bonds. The molecule has 4 aromatic carbocycles. The van der Waals surface area contributed by atoms with E-state index in [4.69, 9.17) is 4.98 Å². The summed E-state index contributed by atoms with van der Waals surface area (Å²) >= 11 is 1.58. The molecular formula is C33H22N4O2S. The molecule has 1 aliphatic heterocycles. The van der Waals surface area contributed by atoms with Crippen molar-refractivity contribution in [2.75, 3.05) is 10.0 Å². The topological polar surface area (TPSA) is 58.4 Å². The first-order valence-electron chi connectivity index (χ1n) is 12.8. The van der Waals surface area contributed by atoms with Crippen LogP contribution in [0.3, 0.4) is 0 Å². The molecule has 0 saturated carbocycles. The molecule has 1 aliphatic rings. The van der Waals surface area contributed by atoms with Gasteiger partial charge in [-0.15, -0.1) is 11.3 Å². The second-order valence-corrected chi connectivity index (χ2v) is 10.3. The highest BCUT2D eigenvalue weighted by molar-refractivity contribution is 7.21. The van der Waals surface area contributed by atoms with Crippen molar-refractivity contribution >= 4 is 50.9 Å². The van der Waals surface area contributed by atoms with E-state index in [-0.39, 0.29) is 5.57 Å². The highest BCUT2D eigenvalue weighted by Gasteiger charge is 2.43. The number of imidazole rings is 1. The molecule has 0 atom stereocenters. The molecule has 7 heteroatoms. The van der Waals surface area contributed by atoms with Crippen molar-refractivity contribution in [1.29, 1.82) is 0 Å². The lowest BCUT2D eigenvalue weighted by atomic mass is 10.2. The molecule has 7 rings (SSSR count). The number of aromatic nitrogens is 2. The highest BCUT2D eigenvalue weighted by atomic mass is 32.1. The fourth-order valence-electron chi connectivity index (χ4n) is 4.94. The van der Waals surface area contributed by atoms with Gasteiger partial charge >= 0.3 is 0 Å². The van der Waals surface area contributed by atoms with E-state index in [0.29, 0.717) is 17.2 Å². The third-order valence-corrected chi connectivity index (χ3v) is 7.84. The van der Waals surface area contributed by atoms with Gasteiger partial charge in [0.1, 0.15) is 16.2 Å². The van der Waals surface area contributed by atoms with Crippen LogP contribution >= 0.6 is 11.3 Å². The minimum Gasteiger partial charge on any atom is -0.292 e.